The number of carbonyl (C=O) groups is 3. The summed E-state index contributed by atoms with van der Waals surface area (Å²) in [7, 11) is 0. The lowest BCUT2D eigenvalue weighted by Crippen LogP contribution is -2.49. The molecule has 2 aliphatic carbocycles. The van der Waals surface area contributed by atoms with Gasteiger partial charge in [-0.05, 0) is 30.8 Å². The van der Waals surface area contributed by atoms with Gasteiger partial charge < -0.3 is 29.9 Å². The molecule has 2 aliphatic rings. The number of aliphatic hydroxyl groups is 2. The predicted molar refractivity (Wildman–Crippen MR) is 116 cm³/mol. The standard InChI is InChI=1S/C24H30O9/c1-10(25)7-14-17(28)15-16(21(18(14)29)33-12(3)27)24(6)9-13(32-11(2)26)8-23(4,5)22(24)20(31)19(15)30/h10,13,25,28-29,31H,7-9H2,1-6H3/t10-,13+,24-/m1/s1. The fraction of sp³-hybridized carbons (Fsp3) is 0.542. The fourth-order valence-corrected chi connectivity index (χ4v) is 5.64. The molecule has 180 valence electrons. The zero-order chi connectivity index (χ0) is 25.0. The number of carbonyl (C=O) groups excluding carboxylic acids is 3. The second-order valence-corrected chi connectivity index (χ2v) is 9.81. The smallest absolute Gasteiger partial charge is 0.308 e. The number of hydrogen-bond acceptors (Lipinski definition) is 9. The molecule has 1 fully saturated rings. The minimum absolute atomic E-state index is 0.0322. The number of fused-ring (bicyclic) bond motifs is 3. The number of aliphatic hydroxyl groups excluding tert-OH is 2. The molecule has 4 N–H and O–H groups in total. The molecule has 0 saturated heterocycles. The molecule has 3 atom stereocenters. The number of allylic oxidation sites excluding steroid dienone is 2. The minimum Gasteiger partial charge on any atom is -0.507 e. The molecular weight excluding hydrogens is 432 g/mol. The Bertz CT molecular complexity index is 1080. The van der Waals surface area contributed by atoms with Crippen LogP contribution >= 0.6 is 0 Å². The molecule has 3 rings (SSSR count). The lowest BCUT2D eigenvalue weighted by atomic mass is 9.53. The maximum absolute atomic E-state index is 13.3. The Balaban J connectivity index is 2.43. The van der Waals surface area contributed by atoms with Crippen LogP contribution in [0.15, 0.2) is 11.3 Å². The Morgan fingerprint density at radius 3 is 2.18 bits per heavy atom. The summed E-state index contributed by atoms with van der Waals surface area (Å²) in [5.74, 6) is -4.21. The van der Waals surface area contributed by atoms with Crippen LogP contribution in [0, 0.1) is 5.41 Å². The van der Waals surface area contributed by atoms with Gasteiger partial charge in [-0.2, -0.15) is 0 Å². The van der Waals surface area contributed by atoms with E-state index in [2.05, 4.69) is 0 Å². The van der Waals surface area contributed by atoms with Crippen LogP contribution in [0.2, 0.25) is 0 Å². The zero-order valence-electron chi connectivity index (χ0n) is 19.6. The number of phenolic OH excluding ortho intramolecular Hbond substituents is 2. The SMILES string of the molecule is CC(=O)Oc1c(O)c(C[C@@H](C)O)c(O)c2c1[C@@]1(C)C[C@@H](OC(C)=O)CC(C)(C)C1=C(O)C2=O. The van der Waals surface area contributed by atoms with Crippen molar-refractivity contribution in [3.8, 4) is 17.2 Å². The molecule has 0 aliphatic heterocycles. The summed E-state index contributed by atoms with van der Waals surface area (Å²) in [6.07, 6.45) is -1.40. The van der Waals surface area contributed by atoms with Gasteiger partial charge in [0.25, 0.3) is 0 Å². The van der Waals surface area contributed by atoms with Crippen LogP contribution in [0.1, 0.15) is 75.9 Å². The Kier molecular flexibility index (Phi) is 6.00. The predicted octanol–water partition coefficient (Wildman–Crippen LogP) is 2.96. The number of benzene rings is 1. The van der Waals surface area contributed by atoms with E-state index in [-0.39, 0.29) is 35.3 Å². The molecule has 1 saturated carbocycles. The average molecular weight is 462 g/mol. The third-order valence-corrected chi connectivity index (χ3v) is 6.41. The summed E-state index contributed by atoms with van der Waals surface area (Å²) in [6.45, 7) is 9.09. The van der Waals surface area contributed by atoms with Crippen molar-refractivity contribution >= 4 is 17.7 Å². The summed E-state index contributed by atoms with van der Waals surface area (Å²) in [5, 5.41) is 42.9. The Labute approximate surface area is 191 Å². The third-order valence-electron chi connectivity index (χ3n) is 6.41. The minimum atomic E-state index is -1.24. The first-order valence-electron chi connectivity index (χ1n) is 10.8. The highest BCUT2D eigenvalue weighted by Gasteiger charge is 2.56. The summed E-state index contributed by atoms with van der Waals surface area (Å²) in [4.78, 5) is 37.0. The number of aromatic hydroxyl groups is 2. The van der Waals surface area contributed by atoms with Crippen molar-refractivity contribution in [2.24, 2.45) is 5.41 Å². The highest BCUT2D eigenvalue weighted by molar-refractivity contribution is 6.14. The molecule has 0 radical (unpaired) electrons. The van der Waals surface area contributed by atoms with Crippen LogP contribution in [-0.2, 0) is 26.2 Å². The Morgan fingerprint density at radius 1 is 1.06 bits per heavy atom. The first-order valence-corrected chi connectivity index (χ1v) is 10.8. The van der Waals surface area contributed by atoms with Gasteiger partial charge in [-0.25, -0.2) is 0 Å². The molecule has 9 heteroatoms. The lowest BCUT2D eigenvalue weighted by molar-refractivity contribution is -0.149. The third kappa shape index (κ3) is 3.94. The van der Waals surface area contributed by atoms with Gasteiger partial charge in [-0.3, -0.25) is 14.4 Å². The van der Waals surface area contributed by atoms with E-state index in [1.54, 1.807) is 20.8 Å². The van der Waals surface area contributed by atoms with Gasteiger partial charge >= 0.3 is 11.9 Å². The first-order chi connectivity index (χ1) is 15.1. The van der Waals surface area contributed by atoms with Crippen molar-refractivity contribution in [2.45, 2.75) is 78.4 Å². The van der Waals surface area contributed by atoms with Crippen molar-refractivity contribution in [1.29, 1.82) is 0 Å². The van der Waals surface area contributed by atoms with Crippen LogP contribution in [0.3, 0.4) is 0 Å². The average Bonchev–Trinajstić information content (AvgIpc) is 2.63. The number of Topliss-reactive ketones (excluding diaryl/α,β-unsaturated/α-hetero) is 1. The number of rotatable bonds is 4. The molecular formula is C24H30O9. The molecule has 0 aromatic heterocycles. The zero-order valence-corrected chi connectivity index (χ0v) is 19.6. The summed E-state index contributed by atoms with van der Waals surface area (Å²) in [6, 6.07) is 0. The Hall–Kier alpha value is -3.07. The number of ether oxygens (including phenoxy) is 2. The second kappa shape index (κ2) is 8.06. The summed E-state index contributed by atoms with van der Waals surface area (Å²) < 4.78 is 10.8. The van der Waals surface area contributed by atoms with Crippen molar-refractivity contribution in [3.05, 3.63) is 28.0 Å². The molecule has 0 heterocycles. The highest BCUT2D eigenvalue weighted by atomic mass is 16.5. The second-order valence-electron chi connectivity index (χ2n) is 9.81. The van der Waals surface area contributed by atoms with Crippen LogP contribution in [0.5, 0.6) is 17.2 Å². The van der Waals surface area contributed by atoms with Gasteiger partial charge in [0.2, 0.25) is 5.78 Å². The molecule has 0 bridgehead atoms. The van der Waals surface area contributed by atoms with Crippen molar-refractivity contribution in [3.63, 3.8) is 0 Å². The van der Waals surface area contributed by atoms with Crippen LogP contribution in [0.4, 0.5) is 0 Å². The molecule has 0 unspecified atom stereocenters. The van der Waals surface area contributed by atoms with Crippen molar-refractivity contribution < 1.29 is 44.3 Å². The van der Waals surface area contributed by atoms with Crippen LogP contribution < -0.4 is 4.74 Å². The van der Waals surface area contributed by atoms with Crippen molar-refractivity contribution in [1.82, 2.24) is 0 Å². The molecule has 1 aromatic carbocycles. The monoisotopic (exact) mass is 462 g/mol. The van der Waals surface area contributed by atoms with Gasteiger partial charge in [-0.1, -0.05) is 20.8 Å². The number of esters is 2. The van der Waals surface area contributed by atoms with Crippen LogP contribution in [-0.4, -0.2) is 50.4 Å². The summed E-state index contributed by atoms with van der Waals surface area (Å²) >= 11 is 0. The fourth-order valence-electron chi connectivity index (χ4n) is 5.64. The van der Waals surface area contributed by atoms with E-state index in [4.69, 9.17) is 9.47 Å². The van der Waals surface area contributed by atoms with E-state index in [1.165, 1.54) is 13.8 Å². The number of phenols is 2. The molecule has 0 amide bonds. The number of ketones is 1. The quantitative estimate of drug-likeness (QED) is 0.391. The van der Waals surface area contributed by atoms with Gasteiger partial charge in [-0.15, -0.1) is 0 Å². The topological polar surface area (TPSA) is 151 Å². The first kappa shape index (κ1) is 24.6. The largest absolute Gasteiger partial charge is 0.507 e. The van der Waals surface area contributed by atoms with E-state index in [1.807, 2.05) is 0 Å². The van der Waals surface area contributed by atoms with E-state index < -0.39 is 58.0 Å². The van der Waals surface area contributed by atoms with Gasteiger partial charge in [0.1, 0.15) is 11.9 Å². The Morgan fingerprint density at radius 2 is 1.67 bits per heavy atom. The molecule has 0 spiro atoms. The maximum atomic E-state index is 13.3. The highest BCUT2D eigenvalue weighted by Crippen LogP contribution is 2.61. The van der Waals surface area contributed by atoms with Gasteiger partial charge in [0.05, 0.1) is 11.7 Å². The van der Waals surface area contributed by atoms with E-state index in [9.17, 15) is 34.8 Å². The normalized spacial score (nSPS) is 24.6. The maximum Gasteiger partial charge on any atom is 0.308 e. The summed E-state index contributed by atoms with van der Waals surface area (Å²) in [5.41, 5.74) is -2.18. The van der Waals surface area contributed by atoms with E-state index in [0.29, 0.717) is 12.0 Å². The van der Waals surface area contributed by atoms with E-state index in [0.717, 1.165) is 6.92 Å². The molecule has 33 heavy (non-hydrogen) atoms. The van der Waals surface area contributed by atoms with Crippen molar-refractivity contribution in [2.75, 3.05) is 0 Å². The van der Waals surface area contributed by atoms with Crippen LogP contribution in [0.25, 0.3) is 0 Å². The van der Waals surface area contributed by atoms with Gasteiger partial charge in [0.15, 0.2) is 17.3 Å². The van der Waals surface area contributed by atoms with E-state index >= 15 is 0 Å². The molecule has 1 aromatic rings. The lowest BCUT2D eigenvalue weighted by Gasteiger charge is -2.51. The number of hydrogen-bond donors (Lipinski definition) is 4. The molecule has 9 nitrogen and oxygen atoms in total. The van der Waals surface area contributed by atoms with Gasteiger partial charge in [0, 0.05) is 36.8 Å².